The van der Waals surface area contributed by atoms with Crippen molar-refractivity contribution in [1.82, 2.24) is 29.8 Å². The third-order valence-corrected chi connectivity index (χ3v) is 5.28. The van der Waals surface area contributed by atoms with Crippen LogP contribution in [-0.4, -0.2) is 62.7 Å². The second-order valence-corrected chi connectivity index (χ2v) is 6.95. The van der Waals surface area contributed by atoms with E-state index in [1.165, 1.54) is 19.3 Å². The van der Waals surface area contributed by atoms with Crippen molar-refractivity contribution in [2.45, 2.75) is 45.1 Å². The lowest BCUT2D eigenvalue weighted by molar-refractivity contribution is 0.186. The van der Waals surface area contributed by atoms with Crippen LogP contribution in [0.2, 0.25) is 0 Å². The second kappa shape index (κ2) is 6.85. The number of aromatic nitrogens is 4. The van der Waals surface area contributed by atoms with E-state index in [4.69, 9.17) is 0 Å². The Morgan fingerprint density at radius 1 is 1.12 bits per heavy atom. The summed E-state index contributed by atoms with van der Waals surface area (Å²) in [6.07, 6.45) is 9.64. The summed E-state index contributed by atoms with van der Waals surface area (Å²) in [5.74, 6) is 1.69. The van der Waals surface area contributed by atoms with Crippen LogP contribution in [0.25, 0.3) is 5.65 Å². The van der Waals surface area contributed by atoms with Gasteiger partial charge in [-0.2, -0.15) is 0 Å². The highest BCUT2D eigenvalue weighted by atomic mass is 16.2. The zero-order chi connectivity index (χ0) is 17.2. The fourth-order valence-electron chi connectivity index (χ4n) is 3.79. The summed E-state index contributed by atoms with van der Waals surface area (Å²) in [5.41, 5.74) is 0.778. The Hall–Kier alpha value is -2.38. The zero-order valence-corrected chi connectivity index (χ0v) is 14.7. The first-order valence-corrected chi connectivity index (χ1v) is 9.19. The van der Waals surface area contributed by atoms with Crippen molar-refractivity contribution >= 4 is 17.5 Å². The van der Waals surface area contributed by atoms with Crippen LogP contribution < -0.4 is 10.2 Å². The molecular formula is C17H25N7O. The Bertz CT molecular complexity index is 745. The van der Waals surface area contributed by atoms with Crippen molar-refractivity contribution in [1.29, 1.82) is 0 Å². The Balaban J connectivity index is 1.38. The molecule has 3 heterocycles. The summed E-state index contributed by atoms with van der Waals surface area (Å²) in [6, 6.07) is 0.435. The Morgan fingerprint density at radius 2 is 1.88 bits per heavy atom. The van der Waals surface area contributed by atoms with Gasteiger partial charge in [0.25, 0.3) is 0 Å². The number of hydrogen-bond acceptors (Lipinski definition) is 5. The SMILES string of the molecule is Cc1nnc2c(N3CCN(C(=O)NC4CCCCC4)CC3)nccn12. The highest BCUT2D eigenvalue weighted by molar-refractivity contribution is 5.75. The first-order chi connectivity index (χ1) is 12.2. The first-order valence-electron chi connectivity index (χ1n) is 9.19. The molecule has 1 N–H and O–H groups in total. The van der Waals surface area contributed by atoms with E-state index in [-0.39, 0.29) is 6.03 Å². The molecule has 8 nitrogen and oxygen atoms in total. The third kappa shape index (κ3) is 3.25. The van der Waals surface area contributed by atoms with Gasteiger partial charge in [0.1, 0.15) is 5.82 Å². The Morgan fingerprint density at radius 3 is 2.64 bits per heavy atom. The molecule has 0 atom stereocenters. The molecule has 0 spiro atoms. The maximum Gasteiger partial charge on any atom is 0.317 e. The quantitative estimate of drug-likeness (QED) is 0.896. The summed E-state index contributed by atoms with van der Waals surface area (Å²) < 4.78 is 1.95. The molecule has 1 aliphatic carbocycles. The van der Waals surface area contributed by atoms with Crippen molar-refractivity contribution in [3.05, 3.63) is 18.2 Å². The van der Waals surface area contributed by atoms with Crippen LogP contribution in [0, 0.1) is 6.92 Å². The largest absolute Gasteiger partial charge is 0.350 e. The summed E-state index contributed by atoms with van der Waals surface area (Å²) in [4.78, 5) is 21.1. The van der Waals surface area contributed by atoms with Gasteiger partial charge in [-0.15, -0.1) is 10.2 Å². The fraction of sp³-hybridized carbons (Fsp3) is 0.647. The maximum atomic E-state index is 12.5. The lowest BCUT2D eigenvalue weighted by Crippen LogP contribution is -2.54. The van der Waals surface area contributed by atoms with E-state index in [1.807, 2.05) is 22.4 Å². The number of nitrogens with one attached hydrogen (secondary N) is 1. The molecule has 25 heavy (non-hydrogen) atoms. The number of rotatable bonds is 2. The Kier molecular flexibility index (Phi) is 4.42. The van der Waals surface area contributed by atoms with Gasteiger partial charge in [-0.1, -0.05) is 19.3 Å². The van der Waals surface area contributed by atoms with Crippen molar-refractivity contribution in [3.8, 4) is 0 Å². The van der Waals surface area contributed by atoms with E-state index in [0.717, 1.165) is 43.2 Å². The highest BCUT2D eigenvalue weighted by Gasteiger charge is 2.25. The summed E-state index contributed by atoms with van der Waals surface area (Å²) in [5, 5.41) is 11.6. The van der Waals surface area contributed by atoms with E-state index in [1.54, 1.807) is 6.20 Å². The molecule has 2 amide bonds. The lowest BCUT2D eigenvalue weighted by atomic mass is 9.96. The molecule has 0 radical (unpaired) electrons. The van der Waals surface area contributed by atoms with E-state index in [9.17, 15) is 4.79 Å². The molecular weight excluding hydrogens is 318 g/mol. The molecule has 2 aromatic rings. The normalized spacial score (nSPS) is 19.4. The van der Waals surface area contributed by atoms with Crippen LogP contribution in [0.1, 0.15) is 37.9 Å². The fourth-order valence-corrected chi connectivity index (χ4v) is 3.79. The molecule has 1 aliphatic heterocycles. The number of carbonyl (C=O) groups is 1. The molecule has 0 bridgehead atoms. The number of fused-ring (bicyclic) bond motifs is 1. The van der Waals surface area contributed by atoms with Gasteiger partial charge >= 0.3 is 6.03 Å². The minimum Gasteiger partial charge on any atom is -0.350 e. The van der Waals surface area contributed by atoms with E-state index in [2.05, 4.69) is 25.4 Å². The average molecular weight is 343 g/mol. The monoisotopic (exact) mass is 343 g/mol. The van der Waals surface area contributed by atoms with Gasteiger partial charge in [0, 0.05) is 44.6 Å². The topological polar surface area (TPSA) is 78.7 Å². The van der Waals surface area contributed by atoms with E-state index in [0.29, 0.717) is 19.1 Å². The number of nitrogens with zero attached hydrogens (tertiary/aromatic N) is 6. The average Bonchev–Trinajstić information content (AvgIpc) is 3.04. The Labute approximate surface area is 147 Å². The van der Waals surface area contributed by atoms with E-state index >= 15 is 0 Å². The summed E-state index contributed by atoms with van der Waals surface area (Å²) >= 11 is 0. The first kappa shape index (κ1) is 16.1. The molecule has 2 aromatic heterocycles. The number of amides is 2. The number of urea groups is 1. The number of hydrogen-bond donors (Lipinski definition) is 1. The minimum absolute atomic E-state index is 0.0797. The summed E-state index contributed by atoms with van der Waals surface area (Å²) in [7, 11) is 0. The van der Waals surface area contributed by atoms with Crippen molar-refractivity contribution in [2.75, 3.05) is 31.1 Å². The number of anilines is 1. The highest BCUT2D eigenvalue weighted by Crippen LogP contribution is 2.20. The smallest absolute Gasteiger partial charge is 0.317 e. The molecule has 2 fully saturated rings. The molecule has 2 aliphatic rings. The molecule has 0 aromatic carbocycles. The van der Waals surface area contributed by atoms with E-state index < -0.39 is 0 Å². The number of piperazine rings is 1. The molecule has 8 heteroatoms. The van der Waals surface area contributed by atoms with Crippen molar-refractivity contribution in [3.63, 3.8) is 0 Å². The summed E-state index contributed by atoms with van der Waals surface area (Å²) in [6.45, 7) is 4.85. The maximum absolute atomic E-state index is 12.5. The van der Waals surface area contributed by atoms with Crippen LogP contribution in [0.15, 0.2) is 12.4 Å². The predicted octanol–water partition coefficient (Wildman–Crippen LogP) is 1.60. The molecule has 0 unspecified atom stereocenters. The minimum atomic E-state index is 0.0797. The van der Waals surface area contributed by atoms with Gasteiger partial charge in [-0.05, 0) is 19.8 Å². The van der Waals surface area contributed by atoms with Crippen LogP contribution in [0.5, 0.6) is 0 Å². The number of aryl methyl sites for hydroxylation is 1. The van der Waals surface area contributed by atoms with Crippen LogP contribution in [0.3, 0.4) is 0 Å². The third-order valence-electron chi connectivity index (χ3n) is 5.28. The predicted molar refractivity (Wildman–Crippen MR) is 94.7 cm³/mol. The number of carbonyl (C=O) groups excluding carboxylic acids is 1. The van der Waals surface area contributed by atoms with Gasteiger partial charge < -0.3 is 15.1 Å². The van der Waals surface area contributed by atoms with Gasteiger partial charge in [0.05, 0.1) is 0 Å². The molecule has 1 saturated carbocycles. The van der Waals surface area contributed by atoms with Crippen LogP contribution in [-0.2, 0) is 0 Å². The van der Waals surface area contributed by atoms with Gasteiger partial charge in [-0.3, -0.25) is 4.40 Å². The standard InChI is InChI=1S/C17H25N7O/c1-13-20-21-16-15(18-7-8-24(13)16)22-9-11-23(12-10-22)17(25)19-14-5-3-2-4-6-14/h7-8,14H,2-6,9-12H2,1H3,(H,19,25). The molecule has 1 saturated heterocycles. The second-order valence-electron chi connectivity index (χ2n) is 6.95. The van der Waals surface area contributed by atoms with Gasteiger partial charge in [0.15, 0.2) is 5.82 Å². The van der Waals surface area contributed by atoms with Crippen LogP contribution >= 0.6 is 0 Å². The molecule has 134 valence electrons. The van der Waals surface area contributed by atoms with Crippen molar-refractivity contribution in [2.24, 2.45) is 0 Å². The van der Waals surface area contributed by atoms with Crippen molar-refractivity contribution < 1.29 is 4.79 Å². The lowest BCUT2D eigenvalue weighted by Gasteiger charge is -2.36. The zero-order valence-electron chi connectivity index (χ0n) is 14.7. The van der Waals surface area contributed by atoms with Crippen LogP contribution in [0.4, 0.5) is 10.6 Å². The van der Waals surface area contributed by atoms with Gasteiger partial charge in [0.2, 0.25) is 5.65 Å². The molecule has 4 rings (SSSR count). The van der Waals surface area contributed by atoms with Gasteiger partial charge in [-0.25, -0.2) is 9.78 Å².